The Morgan fingerprint density at radius 2 is 1.79 bits per heavy atom. The van der Waals surface area contributed by atoms with E-state index in [1.165, 1.54) is 0 Å². The van der Waals surface area contributed by atoms with Gasteiger partial charge in [-0.1, -0.05) is 37.8 Å². The largest absolute Gasteiger partial charge is 0.496 e. The number of alkyl carbamates (subject to hydrolysis) is 1. The smallest absolute Gasteiger partial charge is 0.412 e. The molecule has 6 heteroatoms. The summed E-state index contributed by atoms with van der Waals surface area (Å²) >= 11 is 0. The number of methoxy groups -OCH3 is 1. The molecule has 0 saturated heterocycles. The summed E-state index contributed by atoms with van der Waals surface area (Å²) in [5, 5.41) is 2.91. The predicted molar refractivity (Wildman–Crippen MR) is 131 cm³/mol. The third kappa shape index (κ3) is 5.28. The van der Waals surface area contributed by atoms with E-state index < -0.39 is 11.7 Å². The van der Waals surface area contributed by atoms with Gasteiger partial charge in [0, 0.05) is 22.4 Å². The van der Waals surface area contributed by atoms with Crippen molar-refractivity contribution in [1.82, 2.24) is 10.2 Å². The molecular weight excluding hydrogens is 416 g/mol. The molecule has 2 aromatic carbocycles. The van der Waals surface area contributed by atoms with Crippen molar-refractivity contribution in [3.05, 3.63) is 76.9 Å². The molecule has 0 fully saturated rings. The molecule has 2 amide bonds. The van der Waals surface area contributed by atoms with E-state index >= 15 is 0 Å². The van der Waals surface area contributed by atoms with Crippen LogP contribution in [0.25, 0.3) is 11.4 Å². The average molecular weight is 449 g/mol. The van der Waals surface area contributed by atoms with E-state index in [1.807, 2.05) is 77.1 Å². The molecular formula is C27H32N2O4. The molecule has 0 saturated carbocycles. The minimum absolute atomic E-state index is 0.0691. The van der Waals surface area contributed by atoms with Gasteiger partial charge in [-0.15, -0.1) is 0 Å². The Balaban J connectivity index is 1.95. The number of carbonyl (C=O) groups is 2. The molecule has 0 radical (unpaired) electrons. The molecule has 174 valence electrons. The summed E-state index contributed by atoms with van der Waals surface area (Å²) in [6, 6.07) is 13.2. The molecule has 0 atom stereocenters. The highest BCUT2D eigenvalue weighted by molar-refractivity contribution is 6.08. The highest BCUT2D eigenvalue weighted by Crippen LogP contribution is 2.34. The summed E-state index contributed by atoms with van der Waals surface area (Å²) in [7, 11) is 1.59. The lowest BCUT2D eigenvalue weighted by Gasteiger charge is -2.23. The van der Waals surface area contributed by atoms with Crippen molar-refractivity contribution in [1.29, 1.82) is 0 Å². The number of rotatable bonds is 6. The Labute approximate surface area is 195 Å². The minimum atomic E-state index is -0.618. The van der Waals surface area contributed by atoms with Gasteiger partial charge in [-0.05, 0) is 63.5 Å². The number of nitrogens with one attached hydrogen (secondary N) is 1. The van der Waals surface area contributed by atoms with Gasteiger partial charge in [-0.25, -0.2) is 4.79 Å². The zero-order valence-corrected chi connectivity index (χ0v) is 20.2. The van der Waals surface area contributed by atoms with E-state index in [9.17, 15) is 9.59 Å². The first-order chi connectivity index (χ1) is 15.6. The molecule has 1 N–H and O–H groups in total. The number of carbonyl (C=O) groups excluding carboxylic acids is 2. The molecule has 3 rings (SSSR count). The SMILES string of the molecule is C=C1c2ccccc2C(=O)N1Cc1ccc(OC)c(/C(NC(=O)OC(C)(C)C)=C(\C)CC)c1. The zero-order valence-electron chi connectivity index (χ0n) is 20.2. The van der Waals surface area contributed by atoms with E-state index in [1.54, 1.807) is 12.0 Å². The van der Waals surface area contributed by atoms with Gasteiger partial charge in [0.15, 0.2) is 0 Å². The lowest BCUT2D eigenvalue weighted by molar-refractivity contribution is 0.0557. The van der Waals surface area contributed by atoms with Crippen LogP contribution in [0.1, 0.15) is 68.1 Å². The van der Waals surface area contributed by atoms with Crippen molar-refractivity contribution in [2.75, 3.05) is 7.11 Å². The average Bonchev–Trinajstić information content (AvgIpc) is 3.01. The minimum Gasteiger partial charge on any atom is -0.496 e. The van der Waals surface area contributed by atoms with Gasteiger partial charge in [0.05, 0.1) is 19.4 Å². The van der Waals surface area contributed by atoms with Crippen LogP contribution >= 0.6 is 0 Å². The fourth-order valence-corrected chi connectivity index (χ4v) is 3.72. The van der Waals surface area contributed by atoms with Crippen LogP contribution in [0, 0.1) is 0 Å². The third-order valence-electron chi connectivity index (χ3n) is 5.50. The van der Waals surface area contributed by atoms with Crippen molar-refractivity contribution in [3.63, 3.8) is 0 Å². The monoisotopic (exact) mass is 448 g/mol. The number of nitrogens with zero attached hydrogens (tertiary/aromatic N) is 1. The maximum Gasteiger partial charge on any atom is 0.412 e. The van der Waals surface area contributed by atoms with Crippen molar-refractivity contribution in [2.24, 2.45) is 0 Å². The van der Waals surface area contributed by atoms with Crippen LogP contribution in [0.4, 0.5) is 4.79 Å². The van der Waals surface area contributed by atoms with Crippen LogP contribution in [0.2, 0.25) is 0 Å². The van der Waals surface area contributed by atoms with Crippen LogP contribution in [0.5, 0.6) is 5.75 Å². The van der Waals surface area contributed by atoms with Crippen molar-refractivity contribution in [2.45, 2.75) is 53.2 Å². The topological polar surface area (TPSA) is 67.9 Å². The molecule has 33 heavy (non-hydrogen) atoms. The Bertz CT molecular complexity index is 1090. The zero-order chi connectivity index (χ0) is 24.3. The highest BCUT2D eigenvalue weighted by atomic mass is 16.6. The quantitative estimate of drug-likeness (QED) is 0.590. The molecule has 0 aliphatic carbocycles. The van der Waals surface area contributed by atoms with Crippen LogP contribution in [0.3, 0.4) is 0 Å². The number of allylic oxidation sites excluding steroid dienone is 1. The number of benzene rings is 2. The van der Waals surface area contributed by atoms with Crippen LogP contribution < -0.4 is 10.1 Å². The fourth-order valence-electron chi connectivity index (χ4n) is 3.72. The second-order valence-electron chi connectivity index (χ2n) is 9.05. The Morgan fingerprint density at radius 3 is 2.36 bits per heavy atom. The Kier molecular flexibility index (Phi) is 6.96. The molecule has 1 aliphatic heterocycles. The van der Waals surface area contributed by atoms with E-state index in [-0.39, 0.29) is 5.91 Å². The van der Waals surface area contributed by atoms with Crippen LogP contribution in [0.15, 0.2) is 54.6 Å². The number of hydrogen-bond acceptors (Lipinski definition) is 4. The number of amides is 2. The molecule has 1 aliphatic rings. The predicted octanol–water partition coefficient (Wildman–Crippen LogP) is 5.99. The molecule has 0 bridgehead atoms. The van der Waals surface area contributed by atoms with Crippen molar-refractivity contribution < 1.29 is 19.1 Å². The van der Waals surface area contributed by atoms with E-state index in [2.05, 4.69) is 11.9 Å². The first kappa shape index (κ1) is 24.1. The number of fused-ring (bicyclic) bond motifs is 1. The van der Waals surface area contributed by atoms with Gasteiger partial charge >= 0.3 is 6.09 Å². The summed E-state index contributed by atoms with van der Waals surface area (Å²) in [5.41, 5.74) is 4.81. The van der Waals surface area contributed by atoms with Crippen LogP contribution in [-0.4, -0.2) is 29.6 Å². The molecule has 0 unspecified atom stereocenters. The van der Waals surface area contributed by atoms with Gasteiger partial charge in [0.1, 0.15) is 11.4 Å². The van der Waals surface area contributed by atoms with Gasteiger partial charge in [-0.2, -0.15) is 0 Å². The number of ether oxygens (including phenoxy) is 2. The van der Waals surface area contributed by atoms with Gasteiger partial charge in [0.25, 0.3) is 5.91 Å². The second-order valence-corrected chi connectivity index (χ2v) is 9.05. The molecule has 1 heterocycles. The van der Waals surface area contributed by atoms with Gasteiger partial charge < -0.3 is 14.4 Å². The number of hydrogen-bond donors (Lipinski definition) is 1. The summed E-state index contributed by atoms with van der Waals surface area (Å²) in [6.45, 7) is 13.9. The molecule has 2 aromatic rings. The first-order valence-electron chi connectivity index (χ1n) is 11.0. The normalized spacial score (nSPS) is 14.1. The van der Waals surface area contributed by atoms with Crippen LogP contribution in [-0.2, 0) is 11.3 Å². The van der Waals surface area contributed by atoms with Crippen molar-refractivity contribution >= 4 is 23.4 Å². The Hall–Kier alpha value is -3.54. The molecule has 0 aromatic heterocycles. The lowest BCUT2D eigenvalue weighted by atomic mass is 10.0. The molecule has 6 nitrogen and oxygen atoms in total. The Morgan fingerprint density at radius 1 is 1.12 bits per heavy atom. The first-order valence-corrected chi connectivity index (χ1v) is 11.0. The summed E-state index contributed by atoms with van der Waals surface area (Å²) in [5.74, 6) is 0.549. The maximum atomic E-state index is 12.9. The third-order valence-corrected chi connectivity index (χ3v) is 5.50. The van der Waals surface area contributed by atoms with Gasteiger partial charge in [0.2, 0.25) is 0 Å². The standard InChI is InChI=1S/C27H32N2O4/c1-8-17(2)24(28-26(31)33-27(4,5)6)22-15-19(13-14-23(22)32-7)16-29-18(3)20-11-9-10-12-21(20)25(29)30/h9-15H,3,8,16H2,1-2,4-7H3,(H,28,31)/b24-17-. The summed E-state index contributed by atoms with van der Waals surface area (Å²) in [6.07, 6.45) is 0.200. The molecule has 0 spiro atoms. The summed E-state index contributed by atoms with van der Waals surface area (Å²) in [4.78, 5) is 27.2. The second kappa shape index (κ2) is 9.53. The van der Waals surface area contributed by atoms with E-state index in [4.69, 9.17) is 9.47 Å². The van der Waals surface area contributed by atoms with E-state index in [0.717, 1.165) is 28.7 Å². The maximum absolute atomic E-state index is 12.9. The fraction of sp³-hybridized carbons (Fsp3) is 0.333. The van der Waals surface area contributed by atoms with Crippen molar-refractivity contribution in [3.8, 4) is 5.75 Å². The van der Waals surface area contributed by atoms with E-state index in [0.29, 0.717) is 29.3 Å². The summed E-state index contributed by atoms with van der Waals surface area (Å²) < 4.78 is 11.1. The highest BCUT2D eigenvalue weighted by Gasteiger charge is 2.30. The van der Waals surface area contributed by atoms with Gasteiger partial charge in [-0.3, -0.25) is 10.1 Å². The lowest BCUT2D eigenvalue weighted by Crippen LogP contribution is -2.32.